The van der Waals surface area contributed by atoms with Gasteiger partial charge in [-0.15, -0.1) is 11.3 Å². The molecule has 0 aliphatic heterocycles. The minimum absolute atomic E-state index is 0.00518. The SMILES string of the molecule is CCc1cc(C(=O)Nc2cccc(Cl)c2F)sc1C. The van der Waals surface area contributed by atoms with Crippen molar-refractivity contribution in [3.8, 4) is 0 Å². The van der Waals surface area contributed by atoms with Crippen LogP contribution in [-0.2, 0) is 6.42 Å². The molecule has 5 heteroatoms. The van der Waals surface area contributed by atoms with Crippen LogP contribution in [-0.4, -0.2) is 5.91 Å². The van der Waals surface area contributed by atoms with Gasteiger partial charge in [0.2, 0.25) is 0 Å². The number of amides is 1. The molecule has 2 nitrogen and oxygen atoms in total. The van der Waals surface area contributed by atoms with E-state index in [2.05, 4.69) is 5.32 Å². The molecule has 19 heavy (non-hydrogen) atoms. The van der Waals surface area contributed by atoms with Crippen LogP contribution in [0.5, 0.6) is 0 Å². The molecule has 1 amide bonds. The molecule has 0 aliphatic carbocycles. The monoisotopic (exact) mass is 297 g/mol. The fourth-order valence-corrected chi connectivity index (χ4v) is 2.95. The third-order valence-corrected chi connectivity index (χ3v) is 4.21. The summed E-state index contributed by atoms with van der Waals surface area (Å²) < 4.78 is 13.7. The predicted molar refractivity (Wildman–Crippen MR) is 77.8 cm³/mol. The van der Waals surface area contributed by atoms with Crippen LogP contribution in [0.4, 0.5) is 10.1 Å². The van der Waals surface area contributed by atoms with E-state index in [1.807, 2.05) is 19.9 Å². The van der Waals surface area contributed by atoms with Gasteiger partial charge in [-0.1, -0.05) is 24.6 Å². The Kier molecular flexibility index (Phi) is 4.22. The zero-order valence-corrected chi connectivity index (χ0v) is 12.2. The van der Waals surface area contributed by atoms with Crippen molar-refractivity contribution in [1.29, 1.82) is 0 Å². The van der Waals surface area contributed by atoms with Crippen molar-refractivity contribution in [3.05, 3.63) is 50.4 Å². The normalized spacial score (nSPS) is 10.5. The molecule has 0 unspecified atom stereocenters. The molecule has 0 radical (unpaired) electrons. The zero-order valence-electron chi connectivity index (χ0n) is 10.6. The Morgan fingerprint density at radius 2 is 2.21 bits per heavy atom. The van der Waals surface area contributed by atoms with Gasteiger partial charge in [-0.25, -0.2) is 4.39 Å². The van der Waals surface area contributed by atoms with Crippen molar-refractivity contribution in [2.24, 2.45) is 0 Å². The smallest absolute Gasteiger partial charge is 0.265 e. The Morgan fingerprint density at radius 3 is 2.84 bits per heavy atom. The van der Waals surface area contributed by atoms with E-state index in [9.17, 15) is 9.18 Å². The third-order valence-electron chi connectivity index (χ3n) is 2.83. The maximum Gasteiger partial charge on any atom is 0.265 e. The first kappa shape index (κ1) is 14.0. The van der Waals surface area contributed by atoms with Crippen molar-refractivity contribution in [2.75, 3.05) is 5.32 Å². The van der Waals surface area contributed by atoms with Crippen molar-refractivity contribution >= 4 is 34.5 Å². The van der Waals surface area contributed by atoms with Crippen LogP contribution in [0.25, 0.3) is 0 Å². The topological polar surface area (TPSA) is 29.1 Å². The first-order chi connectivity index (χ1) is 9.02. The standard InChI is InChI=1S/C14H13ClFNOS/c1-3-9-7-12(19-8(9)2)14(18)17-11-6-4-5-10(15)13(11)16/h4-7H,3H2,1-2H3,(H,17,18). The number of thiophene rings is 1. The fourth-order valence-electron chi connectivity index (χ4n) is 1.77. The van der Waals surface area contributed by atoms with Crippen LogP contribution in [0.1, 0.15) is 27.0 Å². The lowest BCUT2D eigenvalue weighted by molar-refractivity contribution is 0.103. The first-order valence-corrected chi connectivity index (χ1v) is 7.07. The van der Waals surface area contributed by atoms with Crippen LogP contribution >= 0.6 is 22.9 Å². The number of nitrogens with one attached hydrogen (secondary N) is 1. The maximum atomic E-state index is 13.7. The van der Waals surface area contributed by atoms with Gasteiger partial charge in [0.05, 0.1) is 15.6 Å². The fraction of sp³-hybridized carbons (Fsp3) is 0.214. The summed E-state index contributed by atoms with van der Waals surface area (Å²) in [6, 6.07) is 6.37. The summed E-state index contributed by atoms with van der Waals surface area (Å²) in [6.45, 7) is 4.01. The highest BCUT2D eigenvalue weighted by Crippen LogP contribution is 2.25. The number of anilines is 1. The highest BCUT2D eigenvalue weighted by atomic mass is 35.5. The highest BCUT2D eigenvalue weighted by molar-refractivity contribution is 7.14. The maximum absolute atomic E-state index is 13.7. The molecule has 0 fully saturated rings. The van der Waals surface area contributed by atoms with Gasteiger partial charge in [0, 0.05) is 4.88 Å². The van der Waals surface area contributed by atoms with Gasteiger partial charge in [-0.3, -0.25) is 4.79 Å². The Morgan fingerprint density at radius 1 is 1.47 bits per heavy atom. The van der Waals surface area contributed by atoms with Crippen molar-refractivity contribution < 1.29 is 9.18 Å². The molecule has 0 aliphatic rings. The molecule has 1 aromatic carbocycles. The molecule has 2 rings (SSSR count). The minimum Gasteiger partial charge on any atom is -0.319 e. The van der Waals surface area contributed by atoms with Crippen molar-refractivity contribution in [1.82, 2.24) is 0 Å². The van der Waals surface area contributed by atoms with E-state index in [1.54, 1.807) is 6.07 Å². The number of halogens is 2. The van der Waals surface area contributed by atoms with E-state index in [-0.39, 0.29) is 16.6 Å². The average Bonchev–Trinajstić information content (AvgIpc) is 2.76. The number of rotatable bonds is 3. The summed E-state index contributed by atoms with van der Waals surface area (Å²) >= 11 is 7.08. The van der Waals surface area contributed by atoms with E-state index in [0.717, 1.165) is 16.9 Å². The summed E-state index contributed by atoms with van der Waals surface area (Å²) in [6.07, 6.45) is 0.876. The number of aryl methyl sites for hydroxylation is 2. The molecule has 2 aromatic rings. The van der Waals surface area contributed by atoms with E-state index in [4.69, 9.17) is 11.6 Å². The summed E-state index contributed by atoms with van der Waals surface area (Å²) in [5, 5.41) is 2.54. The largest absolute Gasteiger partial charge is 0.319 e. The zero-order chi connectivity index (χ0) is 14.0. The molecular formula is C14H13ClFNOS. The molecule has 1 heterocycles. The predicted octanol–water partition coefficient (Wildman–Crippen LogP) is 4.66. The van der Waals surface area contributed by atoms with Gasteiger partial charge < -0.3 is 5.32 Å². The van der Waals surface area contributed by atoms with Crippen LogP contribution in [0, 0.1) is 12.7 Å². The molecule has 0 spiro atoms. The second-order valence-electron chi connectivity index (χ2n) is 4.10. The molecule has 1 N–H and O–H groups in total. The van der Waals surface area contributed by atoms with Crippen LogP contribution in [0.15, 0.2) is 24.3 Å². The minimum atomic E-state index is -0.610. The van der Waals surface area contributed by atoms with E-state index < -0.39 is 5.82 Å². The molecule has 1 aromatic heterocycles. The van der Waals surface area contributed by atoms with E-state index in [0.29, 0.717) is 4.88 Å². The van der Waals surface area contributed by atoms with Gasteiger partial charge in [0.15, 0.2) is 5.82 Å². The van der Waals surface area contributed by atoms with E-state index >= 15 is 0 Å². The number of hydrogen-bond acceptors (Lipinski definition) is 2. The van der Waals surface area contributed by atoms with Crippen LogP contribution in [0.3, 0.4) is 0 Å². The molecule has 0 saturated heterocycles. The van der Waals surface area contributed by atoms with Gasteiger partial charge in [-0.2, -0.15) is 0 Å². The lowest BCUT2D eigenvalue weighted by Crippen LogP contribution is -2.11. The number of benzene rings is 1. The molecule has 0 atom stereocenters. The van der Waals surface area contributed by atoms with Crippen LogP contribution in [0.2, 0.25) is 5.02 Å². The van der Waals surface area contributed by atoms with Gasteiger partial charge in [0.25, 0.3) is 5.91 Å². The number of hydrogen-bond donors (Lipinski definition) is 1. The molecule has 0 saturated carbocycles. The van der Waals surface area contributed by atoms with Crippen LogP contribution < -0.4 is 5.32 Å². The van der Waals surface area contributed by atoms with E-state index in [1.165, 1.54) is 23.5 Å². The second-order valence-corrected chi connectivity index (χ2v) is 5.76. The molecule has 0 bridgehead atoms. The highest BCUT2D eigenvalue weighted by Gasteiger charge is 2.14. The van der Waals surface area contributed by atoms with Gasteiger partial charge >= 0.3 is 0 Å². The number of carbonyl (C=O) groups excluding carboxylic acids is 1. The average molecular weight is 298 g/mol. The second kappa shape index (κ2) is 5.72. The summed E-state index contributed by atoms with van der Waals surface area (Å²) in [5.74, 6) is -0.921. The molecular weight excluding hydrogens is 285 g/mol. The first-order valence-electron chi connectivity index (χ1n) is 5.87. The van der Waals surface area contributed by atoms with Crippen molar-refractivity contribution in [2.45, 2.75) is 20.3 Å². The van der Waals surface area contributed by atoms with Gasteiger partial charge in [-0.05, 0) is 37.1 Å². The van der Waals surface area contributed by atoms with Gasteiger partial charge in [0.1, 0.15) is 0 Å². The molecule has 100 valence electrons. The Labute approximate surface area is 120 Å². The summed E-state index contributed by atoms with van der Waals surface area (Å²) in [5.41, 5.74) is 1.24. The quantitative estimate of drug-likeness (QED) is 0.877. The lowest BCUT2D eigenvalue weighted by atomic mass is 10.2. The Hall–Kier alpha value is -1.39. The Balaban J connectivity index is 2.23. The summed E-state index contributed by atoms with van der Waals surface area (Å²) in [4.78, 5) is 13.7. The third kappa shape index (κ3) is 2.96. The Bertz CT molecular complexity index is 624. The van der Waals surface area contributed by atoms with Crippen molar-refractivity contribution in [3.63, 3.8) is 0 Å². The number of carbonyl (C=O) groups is 1. The lowest BCUT2D eigenvalue weighted by Gasteiger charge is -2.05. The summed E-state index contributed by atoms with van der Waals surface area (Å²) in [7, 11) is 0.